The molecule has 2 unspecified atom stereocenters. The molecule has 0 spiro atoms. The van der Waals surface area contributed by atoms with E-state index < -0.39 is 8.32 Å². The summed E-state index contributed by atoms with van der Waals surface area (Å²) in [6, 6.07) is 0. The summed E-state index contributed by atoms with van der Waals surface area (Å²) in [5.41, 5.74) is 9.32. The molecule has 0 bridgehead atoms. The lowest BCUT2D eigenvalue weighted by atomic mass is 9.59. The topological polar surface area (TPSA) is 9.23 Å². The summed E-state index contributed by atoms with van der Waals surface area (Å²) < 4.78 is 6.41. The molecular weight excluding hydrogens is 356 g/mol. The van der Waals surface area contributed by atoms with Gasteiger partial charge in [-0.3, -0.25) is 0 Å². The smallest absolute Gasteiger partial charge is 0.183 e. The maximum Gasteiger partial charge on any atom is 0.183 e. The largest absolute Gasteiger partial charge is 0.418 e. The molecule has 4 aliphatic rings. The fourth-order valence-electron chi connectivity index (χ4n) is 6.53. The molecule has 2 heteroatoms. The van der Waals surface area contributed by atoms with Gasteiger partial charge in [0.2, 0.25) is 0 Å². The molecule has 0 aromatic heterocycles. The van der Waals surface area contributed by atoms with Crippen LogP contribution in [0.15, 0.2) is 46.1 Å². The zero-order valence-corrected chi connectivity index (χ0v) is 19.7. The summed E-state index contributed by atoms with van der Waals surface area (Å²) in [4.78, 5) is 0. The number of allylic oxidation sites excluding steroid dienone is 8. The van der Waals surface area contributed by atoms with E-state index in [4.69, 9.17) is 4.43 Å². The standard InChI is InChI=1S/C26H40OSi/c1-5-26(21-12-7-8-13-21,17-18-27-28(2,3)4)25-16-10-15-23-22-14-9-6-11-20(22)19-24(23)25/h7-8,12,25H,5-6,9-11,13-19H2,1-4H3. The third-order valence-electron chi connectivity index (χ3n) is 7.87. The highest BCUT2D eigenvalue weighted by molar-refractivity contribution is 6.69. The van der Waals surface area contributed by atoms with Crippen molar-refractivity contribution in [2.45, 2.75) is 97.2 Å². The van der Waals surface area contributed by atoms with Gasteiger partial charge in [-0.25, -0.2) is 0 Å². The SMILES string of the molecule is CCC(CCO[Si](C)(C)C)(C1=CC=CC1)C1CCCC2=C1CC1=C2CCCC1. The zero-order chi connectivity index (χ0) is 19.8. The molecule has 0 N–H and O–H groups in total. The maximum atomic E-state index is 6.41. The van der Waals surface area contributed by atoms with Gasteiger partial charge >= 0.3 is 0 Å². The number of hydrogen-bond acceptors (Lipinski definition) is 1. The summed E-state index contributed by atoms with van der Waals surface area (Å²) in [6.07, 6.45) is 21.7. The second-order valence-corrected chi connectivity index (χ2v) is 15.0. The van der Waals surface area contributed by atoms with Crippen molar-refractivity contribution in [1.29, 1.82) is 0 Å². The first-order valence-electron chi connectivity index (χ1n) is 11.9. The molecular formula is C26H40OSi. The second-order valence-electron chi connectivity index (χ2n) is 10.5. The van der Waals surface area contributed by atoms with Crippen LogP contribution in [0, 0.1) is 11.3 Å². The Morgan fingerprint density at radius 1 is 1.07 bits per heavy atom. The van der Waals surface area contributed by atoms with Crippen molar-refractivity contribution in [2.75, 3.05) is 6.61 Å². The van der Waals surface area contributed by atoms with Crippen molar-refractivity contribution in [3.63, 3.8) is 0 Å². The Hall–Kier alpha value is -0.863. The van der Waals surface area contributed by atoms with Crippen molar-refractivity contribution in [3.8, 4) is 0 Å². The molecule has 4 rings (SSSR count). The van der Waals surface area contributed by atoms with Crippen LogP contribution in [0.25, 0.3) is 0 Å². The molecule has 0 saturated heterocycles. The molecule has 0 fully saturated rings. The lowest BCUT2D eigenvalue weighted by Gasteiger charge is -2.45. The molecule has 0 aromatic rings. The van der Waals surface area contributed by atoms with E-state index in [0.717, 1.165) is 18.9 Å². The molecule has 2 atom stereocenters. The minimum Gasteiger partial charge on any atom is -0.418 e. The van der Waals surface area contributed by atoms with Gasteiger partial charge in [-0.15, -0.1) is 0 Å². The highest BCUT2D eigenvalue weighted by Gasteiger charge is 2.45. The lowest BCUT2D eigenvalue weighted by molar-refractivity contribution is 0.148. The Bertz CT molecular complexity index is 730. The van der Waals surface area contributed by atoms with E-state index in [1.807, 2.05) is 22.3 Å². The molecule has 0 aromatic carbocycles. The van der Waals surface area contributed by atoms with E-state index in [2.05, 4.69) is 44.8 Å². The van der Waals surface area contributed by atoms with Crippen LogP contribution < -0.4 is 0 Å². The first-order valence-corrected chi connectivity index (χ1v) is 15.3. The Kier molecular flexibility index (Phi) is 5.91. The second kappa shape index (κ2) is 8.11. The minimum absolute atomic E-state index is 0.304. The summed E-state index contributed by atoms with van der Waals surface area (Å²) in [7, 11) is -1.47. The highest BCUT2D eigenvalue weighted by Crippen LogP contribution is 2.57. The summed E-state index contributed by atoms with van der Waals surface area (Å²) in [5, 5.41) is 0. The van der Waals surface area contributed by atoms with Gasteiger partial charge in [-0.2, -0.15) is 0 Å². The van der Waals surface area contributed by atoms with Gasteiger partial charge in [-0.1, -0.05) is 41.9 Å². The molecule has 154 valence electrons. The number of hydrogen-bond donors (Lipinski definition) is 0. The van der Waals surface area contributed by atoms with E-state index >= 15 is 0 Å². The molecule has 0 heterocycles. The van der Waals surface area contributed by atoms with E-state index in [1.54, 1.807) is 5.57 Å². The van der Waals surface area contributed by atoms with Gasteiger partial charge < -0.3 is 4.43 Å². The van der Waals surface area contributed by atoms with Crippen molar-refractivity contribution in [3.05, 3.63) is 46.1 Å². The van der Waals surface area contributed by atoms with E-state index in [1.165, 1.54) is 64.2 Å². The van der Waals surface area contributed by atoms with Crippen LogP contribution in [0.5, 0.6) is 0 Å². The van der Waals surface area contributed by atoms with E-state index in [9.17, 15) is 0 Å². The van der Waals surface area contributed by atoms with Crippen molar-refractivity contribution in [2.24, 2.45) is 11.3 Å². The van der Waals surface area contributed by atoms with Crippen molar-refractivity contribution >= 4 is 8.32 Å². The normalized spacial score (nSPS) is 27.0. The highest BCUT2D eigenvalue weighted by atomic mass is 28.4. The Morgan fingerprint density at radius 3 is 2.57 bits per heavy atom. The average molecular weight is 397 g/mol. The quantitative estimate of drug-likeness (QED) is 0.398. The fraction of sp³-hybridized carbons (Fsp3) is 0.692. The number of rotatable bonds is 7. The van der Waals surface area contributed by atoms with Gasteiger partial charge in [-0.05, 0) is 107 Å². The third-order valence-corrected chi connectivity index (χ3v) is 8.94. The van der Waals surface area contributed by atoms with Gasteiger partial charge in [0.05, 0.1) is 0 Å². The molecule has 1 nitrogen and oxygen atoms in total. The molecule has 0 radical (unpaired) electrons. The van der Waals surface area contributed by atoms with Crippen LogP contribution in [0.4, 0.5) is 0 Å². The van der Waals surface area contributed by atoms with Gasteiger partial charge in [0, 0.05) is 12.0 Å². The van der Waals surface area contributed by atoms with Gasteiger partial charge in [0.1, 0.15) is 0 Å². The first-order chi connectivity index (χ1) is 13.4. The van der Waals surface area contributed by atoms with Crippen LogP contribution in [-0.4, -0.2) is 14.9 Å². The van der Waals surface area contributed by atoms with Crippen molar-refractivity contribution in [1.82, 2.24) is 0 Å². The Morgan fingerprint density at radius 2 is 1.86 bits per heavy atom. The monoisotopic (exact) mass is 396 g/mol. The zero-order valence-electron chi connectivity index (χ0n) is 18.7. The Balaban J connectivity index is 1.65. The van der Waals surface area contributed by atoms with Crippen LogP contribution in [0.2, 0.25) is 19.6 Å². The van der Waals surface area contributed by atoms with Crippen LogP contribution >= 0.6 is 0 Å². The van der Waals surface area contributed by atoms with Crippen LogP contribution in [0.1, 0.15) is 77.6 Å². The first kappa shape index (κ1) is 20.4. The van der Waals surface area contributed by atoms with Crippen LogP contribution in [-0.2, 0) is 4.43 Å². The average Bonchev–Trinajstić information content (AvgIpc) is 3.32. The maximum absolute atomic E-state index is 6.41. The molecule has 0 aliphatic heterocycles. The number of fused-ring (bicyclic) bond motifs is 1. The third kappa shape index (κ3) is 3.79. The fourth-order valence-corrected chi connectivity index (χ4v) is 7.25. The summed E-state index contributed by atoms with van der Waals surface area (Å²) in [5.74, 6) is 0.739. The van der Waals surface area contributed by atoms with Gasteiger partial charge in [0.15, 0.2) is 8.32 Å². The van der Waals surface area contributed by atoms with E-state index in [0.29, 0.717) is 5.41 Å². The van der Waals surface area contributed by atoms with Crippen LogP contribution in [0.3, 0.4) is 0 Å². The van der Waals surface area contributed by atoms with E-state index in [-0.39, 0.29) is 0 Å². The molecule has 0 saturated carbocycles. The Labute approximate surface area is 174 Å². The van der Waals surface area contributed by atoms with Gasteiger partial charge in [0.25, 0.3) is 0 Å². The minimum atomic E-state index is -1.47. The summed E-state index contributed by atoms with van der Waals surface area (Å²) in [6.45, 7) is 10.4. The predicted octanol–water partition coefficient (Wildman–Crippen LogP) is 7.88. The molecule has 4 aliphatic carbocycles. The van der Waals surface area contributed by atoms with Crippen molar-refractivity contribution < 1.29 is 4.43 Å². The summed E-state index contributed by atoms with van der Waals surface area (Å²) >= 11 is 0. The molecule has 0 amide bonds. The predicted molar refractivity (Wildman–Crippen MR) is 123 cm³/mol. The molecule has 28 heavy (non-hydrogen) atoms. The lowest BCUT2D eigenvalue weighted by Crippen LogP contribution is -2.37.